The van der Waals surface area contributed by atoms with Crippen LogP contribution in [0.2, 0.25) is 5.02 Å². The van der Waals surface area contributed by atoms with Gasteiger partial charge in [-0.05, 0) is 55.9 Å². The van der Waals surface area contributed by atoms with Gasteiger partial charge in [0.1, 0.15) is 11.6 Å². The molecule has 5 rings (SSSR count). The molecule has 8 nitrogen and oxygen atoms in total. The van der Waals surface area contributed by atoms with E-state index in [1.165, 1.54) is 4.90 Å². The Morgan fingerprint density at radius 1 is 1.10 bits per heavy atom. The molecule has 3 heterocycles. The van der Waals surface area contributed by atoms with Crippen molar-refractivity contribution < 1.29 is 24.2 Å². The van der Waals surface area contributed by atoms with Gasteiger partial charge < -0.3 is 25.4 Å². The van der Waals surface area contributed by atoms with Crippen LogP contribution >= 0.6 is 11.6 Å². The van der Waals surface area contributed by atoms with Crippen molar-refractivity contribution in [2.24, 2.45) is 17.8 Å². The molecule has 0 aromatic heterocycles. The minimum atomic E-state index is -1.20. The summed E-state index contributed by atoms with van der Waals surface area (Å²) < 4.78 is 6.83. The summed E-state index contributed by atoms with van der Waals surface area (Å²) in [6.45, 7) is 7.45. The molecule has 2 unspecified atom stereocenters. The van der Waals surface area contributed by atoms with E-state index in [0.717, 1.165) is 5.56 Å². The van der Waals surface area contributed by atoms with Crippen molar-refractivity contribution >= 4 is 40.7 Å². The molecule has 0 radical (unpaired) electrons. The molecule has 0 aliphatic carbocycles. The average molecular weight is 568 g/mol. The third-order valence-electron chi connectivity index (χ3n) is 9.51. The van der Waals surface area contributed by atoms with Gasteiger partial charge in [0, 0.05) is 5.69 Å². The Morgan fingerprint density at radius 3 is 2.45 bits per heavy atom. The number of carbonyl (C=O) groups is 3. The van der Waals surface area contributed by atoms with Gasteiger partial charge in [-0.3, -0.25) is 14.4 Å². The molecule has 2 aromatic rings. The van der Waals surface area contributed by atoms with Gasteiger partial charge in [-0.2, -0.15) is 0 Å². The van der Waals surface area contributed by atoms with Gasteiger partial charge in [-0.1, -0.05) is 69.1 Å². The number of anilines is 2. The SMILES string of the molecule is CC[C@H](C)[C@H](CO)N1C(=O)[C@@H]2[C@H](C(=O)Nc3ccccc3)[C@]3(CC)CCC2(O3)C1C(=O)Nc1c(C)cccc1Cl. The van der Waals surface area contributed by atoms with Crippen molar-refractivity contribution in [2.45, 2.75) is 76.7 Å². The Morgan fingerprint density at radius 2 is 1.82 bits per heavy atom. The first-order valence-corrected chi connectivity index (χ1v) is 14.6. The Kier molecular flexibility index (Phi) is 7.72. The number of ether oxygens (including phenoxy) is 1. The van der Waals surface area contributed by atoms with Crippen LogP contribution in [0.4, 0.5) is 11.4 Å². The van der Waals surface area contributed by atoms with Crippen molar-refractivity contribution in [3.05, 3.63) is 59.1 Å². The van der Waals surface area contributed by atoms with Gasteiger partial charge in [-0.25, -0.2) is 0 Å². The number of aliphatic hydroxyl groups is 1. The van der Waals surface area contributed by atoms with Gasteiger partial charge in [0.15, 0.2) is 0 Å². The molecule has 40 heavy (non-hydrogen) atoms. The van der Waals surface area contributed by atoms with E-state index in [9.17, 15) is 19.5 Å². The molecule has 7 atom stereocenters. The van der Waals surface area contributed by atoms with Crippen LogP contribution in [0.3, 0.4) is 0 Å². The third-order valence-corrected chi connectivity index (χ3v) is 9.82. The van der Waals surface area contributed by atoms with Gasteiger partial charge in [-0.15, -0.1) is 0 Å². The lowest BCUT2D eigenvalue weighted by Crippen LogP contribution is -2.57. The highest BCUT2D eigenvalue weighted by Gasteiger charge is 2.79. The van der Waals surface area contributed by atoms with Crippen LogP contribution in [0, 0.1) is 24.7 Å². The summed E-state index contributed by atoms with van der Waals surface area (Å²) in [6, 6.07) is 12.9. The normalized spacial score (nSPS) is 30.2. The molecular formula is C31H38ClN3O5. The van der Waals surface area contributed by atoms with E-state index in [1.54, 1.807) is 24.3 Å². The molecule has 214 valence electrons. The van der Waals surface area contributed by atoms with Crippen LogP contribution in [-0.2, 0) is 19.1 Å². The van der Waals surface area contributed by atoms with Crippen molar-refractivity contribution in [3.8, 4) is 0 Å². The lowest BCUT2D eigenvalue weighted by molar-refractivity contribution is -0.149. The summed E-state index contributed by atoms with van der Waals surface area (Å²) in [7, 11) is 0. The Hall–Kier alpha value is -2.94. The van der Waals surface area contributed by atoms with Gasteiger partial charge >= 0.3 is 0 Å². The number of hydrogen-bond acceptors (Lipinski definition) is 5. The Balaban J connectivity index is 1.60. The number of nitrogens with zero attached hydrogens (tertiary/aromatic N) is 1. The lowest BCUT2D eigenvalue weighted by atomic mass is 9.65. The molecule has 3 amide bonds. The van der Waals surface area contributed by atoms with Crippen LogP contribution in [0.5, 0.6) is 0 Å². The summed E-state index contributed by atoms with van der Waals surface area (Å²) in [5, 5.41) is 16.9. The van der Waals surface area contributed by atoms with E-state index >= 15 is 0 Å². The molecule has 2 aromatic carbocycles. The topological polar surface area (TPSA) is 108 Å². The zero-order valence-corrected chi connectivity index (χ0v) is 24.2. The maximum atomic E-state index is 14.5. The quantitative estimate of drug-likeness (QED) is 0.404. The standard InChI is InChI=1S/C31H38ClN3O5/c1-5-18(3)22(17-36)35-26(28(38)34-25-19(4)11-10-14-21(25)32)31-16-15-30(6-2,40-31)23(24(31)29(35)39)27(37)33-20-12-8-7-9-13-20/h7-14,18,22-24,26,36H,5-6,15-17H2,1-4H3,(H,33,37)(H,34,38)/t18-,22-,23+,24-,26?,30-,31?/m0/s1. The number of hydrogen-bond donors (Lipinski definition) is 3. The minimum Gasteiger partial charge on any atom is -0.394 e. The van der Waals surface area contributed by atoms with Crippen LogP contribution < -0.4 is 10.6 Å². The van der Waals surface area contributed by atoms with E-state index in [2.05, 4.69) is 10.6 Å². The van der Waals surface area contributed by atoms with Crippen molar-refractivity contribution in [2.75, 3.05) is 17.2 Å². The molecule has 3 fully saturated rings. The van der Waals surface area contributed by atoms with Gasteiger partial charge in [0.05, 0.1) is 40.8 Å². The number of rotatable bonds is 9. The first kappa shape index (κ1) is 28.6. The lowest BCUT2D eigenvalue weighted by Gasteiger charge is -2.39. The second-order valence-electron chi connectivity index (χ2n) is 11.5. The zero-order valence-electron chi connectivity index (χ0n) is 23.4. The van der Waals surface area contributed by atoms with Gasteiger partial charge in [0.2, 0.25) is 17.7 Å². The molecule has 1 spiro atoms. The fraction of sp³-hybridized carbons (Fsp3) is 0.516. The summed E-state index contributed by atoms with van der Waals surface area (Å²) in [5.74, 6) is -2.76. The number of aryl methyl sites for hydroxylation is 1. The first-order valence-electron chi connectivity index (χ1n) is 14.2. The number of para-hydroxylation sites is 2. The number of halogens is 1. The van der Waals surface area contributed by atoms with Crippen LogP contribution in [0.15, 0.2) is 48.5 Å². The van der Waals surface area contributed by atoms with E-state index in [0.29, 0.717) is 42.1 Å². The number of fused-ring (bicyclic) bond motifs is 1. The number of amides is 3. The zero-order chi connectivity index (χ0) is 28.8. The fourth-order valence-electron chi connectivity index (χ4n) is 7.25. The summed E-state index contributed by atoms with van der Waals surface area (Å²) in [5.41, 5.74) is -0.176. The smallest absolute Gasteiger partial charge is 0.250 e. The highest BCUT2D eigenvalue weighted by molar-refractivity contribution is 6.34. The molecule has 3 N–H and O–H groups in total. The van der Waals surface area contributed by atoms with Crippen molar-refractivity contribution in [1.82, 2.24) is 4.90 Å². The third kappa shape index (κ3) is 4.32. The van der Waals surface area contributed by atoms with E-state index in [4.69, 9.17) is 16.3 Å². The number of likely N-dealkylation sites (tertiary alicyclic amines) is 1. The first-order chi connectivity index (χ1) is 19.1. The molecule has 3 aliphatic rings. The number of nitrogens with one attached hydrogen (secondary N) is 2. The fourth-order valence-corrected chi connectivity index (χ4v) is 7.52. The predicted molar refractivity (Wildman–Crippen MR) is 154 cm³/mol. The predicted octanol–water partition coefficient (Wildman–Crippen LogP) is 4.79. The molecule has 3 saturated heterocycles. The summed E-state index contributed by atoms with van der Waals surface area (Å²) >= 11 is 6.46. The maximum Gasteiger partial charge on any atom is 0.250 e. The second-order valence-corrected chi connectivity index (χ2v) is 11.9. The van der Waals surface area contributed by atoms with Crippen LogP contribution in [-0.4, -0.2) is 57.6 Å². The highest BCUT2D eigenvalue weighted by atomic mass is 35.5. The number of benzene rings is 2. The van der Waals surface area contributed by atoms with Crippen molar-refractivity contribution in [1.29, 1.82) is 0 Å². The van der Waals surface area contributed by atoms with E-state index in [1.807, 2.05) is 52.0 Å². The number of aliphatic hydroxyl groups excluding tert-OH is 1. The second kappa shape index (κ2) is 10.8. The van der Waals surface area contributed by atoms with Crippen LogP contribution in [0.25, 0.3) is 0 Å². The molecular weight excluding hydrogens is 530 g/mol. The molecule has 3 aliphatic heterocycles. The van der Waals surface area contributed by atoms with Crippen molar-refractivity contribution in [3.63, 3.8) is 0 Å². The molecule has 9 heteroatoms. The highest BCUT2D eigenvalue weighted by Crippen LogP contribution is 2.65. The van der Waals surface area contributed by atoms with E-state index < -0.39 is 41.0 Å². The van der Waals surface area contributed by atoms with Gasteiger partial charge in [0.25, 0.3) is 0 Å². The molecule has 2 bridgehead atoms. The summed E-state index contributed by atoms with van der Waals surface area (Å²) in [4.78, 5) is 44.2. The monoisotopic (exact) mass is 567 g/mol. The Bertz CT molecular complexity index is 1280. The Labute approximate surface area is 240 Å². The molecule has 0 saturated carbocycles. The minimum absolute atomic E-state index is 0.0875. The average Bonchev–Trinajstić information content (AvgIpc) is 3.55. The maximum absolute atomic E-state index is 14.5. The van der Waals surface area contributed by atoms with Crippen LogP contribution in [0.1, 0.15) is 52.0 Å². The largest absolute Gasteiger partial charge is 0.394 e. The summed E-state index contributed by atoms with van der Waals surface area (Å²) in [6.07, 6.45) is 2.23. The van der Waals surface area contributed by atoms with E-state index in [-0.39, 0.29) is 24.3 Å². The number of carbonyl (C=O) groups excluding carboxylic acids is 3.